The number of aliphatic imine (C=N–C) groups is 1. The summed E-state index contributed by atoms with van der Waals surface area (Å²) in [4.78, 5) is 4.32. The van der Waals surface area contributed by atoms with E-state index in [-0.39, 0.29) is 12.1 Å². The average Bonchev–Trinajstić information content (AvgIpc) is 2.03. The molecule has 2 nitrogen and oxygen atoms in total. The summed E-state index contributed by atoms with van der Waals surface area (Å²) in [5, 5.41) is 9.41. The summed E-state index contributed by atoms with van der Waals surface area (Å²) < 4.78 is 0. The summed E-state index contributed by atoms with van der Waals surface area (Å²) >= 11 is 0. The lowest BCUT2D eigenvalue weighted by molar-refractivity contribution is 0.148. The summed E-state index contributed by atoms with van der Waals surface area (Å²) in [6.07, 6.45) is 4.33. The van der Waals surface area contributed by atoms with E-state index in [0.717, 1.165) is 12.1 Å². The van der Waals surface area contributed by atoms with Gasteiger partial charge in [-0.15, -0.1) is 0 Å². The zero-order valence-corrected chi connectivity index (χ0v) is 8.41. The molecule has 0 aliphatic carbocycles. The Hall–Kier alpha value is -0.630. The van der Waals surface area contributed by atoms with Crippen molar-refractivity contribution < 1.29 is 5.11 Å². The van der Waals surface area contributed by atoms with Crippen molar-refractivity contribution in [2.75, 3.05) is 0 Å². The molecule has 0 aromatic carbocycles. The zero-order chi connectivity index (χ0) is 9.56. The molecular weight excluding hydrogens is 150 g/mol. The van der Waals surface area contributed by atoms with Crippen LogP contribution in [-0.4, -0.2) is 23.0 Å². The summed E-state index contributed by atoms with van der Waals surface area (Å²) in [7, 11) is 0. The highest BCUT2D eigenvalue weighted by atomic mass is 16.3. The van der Waals surface area contributed by atoms with Crippen LogP contribution in [0.15, 0.2) is 17.1 Å². The van der Waals surface area contributed by atoms with Gasteiger partial charge < -0.3 is 5.11 Å². The van der Waals surface area contributed by atoms with Crippen LogP contribution in [0.4, 0.5) is 0 Å². The molecule has 2 atom stereocenters. The maximum Gasteiger partial charge on any atom is 0.0758 e. The van der Waals surface area contributed by atoms with Gasteiger partial charge in [0, 0.05) is 5.71 Å². The highest BCUT2D eigenvalue weighted by molar-refractivity contribution is 5.92. The fourth-order valence-electron chi connectivity index (χ4n) is 1.03. The number of hydrogen-bond acceptors (Lipinski definition) is 2. The quantitative estimate of drug-likeness (QED) is 0.643. The van der Waals surface area contributed by atoms with E-state index >= 15 is 0 Å². The smallest absolute Gasteiger partial charge is 0.0758 e. The Morgan fingerprint density at radius 2 is 2.17 bits per heavy atom. The van der Waals surface area contributed by atoms with Crippen molar-refractivity contribution in [3.05, 3.63) is 12.2 Å². The van der Waals surface area contributed by atoms with E-state index in [2.05, 4.69) is 4.99 Å². The standard InChI is InChI=1S/C10H19NO/c1-5-7-8(3)11-9(4)10(12)6-2/h5,7,9-10,12H,6H2,1-4H3/b7-5-,11-8?/t9?,10-/m0/s1. The first-order chi connectivity index (χ1) is 5.61. The fourth-order valence-corrected chi connectivity index (χ4v) is 1.03. The van der Waals surface area contributed by atoms with Gasteiger partial charge in [0.15, 0.2) is 0 Å². The first-order valence-corrected chi connectivity index (χ1v) is 4.47. The van der Waals surface area contributed by atoms with Crippen molar-refractivity contribution in [1.82, 2.24) is 0 Å². The van der Waals surface area contributed by atoms with Gasteiger partial charge >= 0.3 is 0 Å². The topological polar surface area (TPSA) is 32.6 Å². The lowest BCUT2D eigenvalue weighted by Gasteiger charge is -2.12. The van der Waals surface area contributed by atoms with E-state index in [1.54, 1.807) is 0 Å². The Kier molecular flexibility index (Phi) is 5.64. The lowest BCUT2D eigenvalue weighted by Crippen LogP contribution is -2.20. The number of allylic oxidation sites excluding steroid dienone is 2. The first-order valence-electron chi connectivity index (χ1n) is 4.47. The summed E-state index contributed by atoms with van der Waals surface area (Å²) in [5.41, 5.74) is 0.970. The highest BCUT2D eigenvalue weighted by Gasteiger charge is 2.09. The van der Waals surface area contributed by atoms with Gasteiger partial charge in [0.2, 0.25) is 0 Å². The monoisotopic (exact) mass is 169 g/mol. The largest absolute Gasteiger partial charge is 0.391 e. The molecule has 70 valence electrons. The van der Waals surface area contributed by atoms with Gasteiger partial charge in [0.05, 0.1) is 12.1 Å². The predicted octanol–water partition coefficient (Wildman–Crippen LogP) is 2.18. The minimum absolute atomic E-state index is 0.00574. The number of aliphatic hydroxyl groups is 1. The molecule has 0 aromatic rings. The molecule has 0 rings (SSSR count). The molecule has 0 aliphatic rings. The van der Waals surface area contributed by atoms with Crippen LogP contribution in [0.1, 0.15) is 34.1 Å². The zero-order valence-electron chi connectivity index (χ0n) is 8.41. The molecule has 2 heteroatoms. The molecule has 0 fully saturated rings. The van der Waals surface area contributed by atoms with E-state index in [9.17, 15) is 5.11 Å². The minimum atomic E-state index is -0.315. The van der Waals surface area contributed by atoms with E-state index < -0.39 is 0 Å². The molecule has 0 spiro atoms. The van der Waals surface area contributed by atoms with Crippen LogP contribution in [0.3, 0.4) is 0 Å². The SMILES string of the molecule is C/C=C\C(C)=NC(C)[C@@H](O)CC. The van der Waals surface area contributed by atoms with Crippen LogP contribution in [-0.2, 0) is 0 Å². The second-order valence-corrected chi connectivity index (χ2v) is 2.99. The van der Waals surface area contributed by atoms with Crippen molar-refractivity contribution in [1.29, 1.82) is 0 Å². The number of rotatable bonds is 4. The molecule has 12 heavy (non-hydrogen) atoms. The molecule has 0 bridgehead atoms. The second kappa shape index (κ2) is 5.95. The van der Waals surface area contributed by atoms with E-state index in [1.165, 1.54) is 0 Å². The van der Waals surface area contributed by atoms with Crippen LogP contribution >= 0.6 is 0 Å². The van der Waals surface area contributed by atoms with Crippen molar-refractivity contribution in [2.45, 2.75) is 46.3 Å². The molecule has 1 N–H and O–H groups in total. The van der Waals surface area contributed by atoms with Crippen LogP contribution < -0.4 is 0 Å². The Morgan fingerprint density at radius 1 is 1.58 bits per heavy atom. The maximum absolute atomic E-state index is 9.41. The van der Waals surface area contributed by atoms with Crippen LogP contribution in [0, 0.1) is 0 Å². The summed E-state index contributed by atoms with van der Waals surface area (Å²) in [6, 6.07) is 0.00574. The van der Waals surface area contributed by atoms with Gasteiger partial charge in [-0.2, -0.15) is 0 Å². The van der Waals surface area contributed by atoms with Crippen molar-refractivity contribution in [3.63, 3.8) is 0 Å². The van der Waals surface area contributed by atoms with E-state index in [0.29, 0.717) is 0 Å². The van der Waals surface area contributed by atoms with Crippen molar-refractivity contribution >= 4 is 5.71 Å². The average molecular weight is 169 g/mol. The molecule has 0 amide bonds. The third kappa shape index (κ3) is 4.29. The number of aliphatic hydroxyl groups excluding tert-OH is 1. The first kappa shape index (κ1) is 11.4. The van der Waals surface area contributed by atoms with Gasteiger partial charge in [-0.3, -0.25) is 4.99 Å². The number of nitrogens with zero attached hydrogens (tertiary/aromatic N) is 1. The molecule has 0 saturated heterocycles. The fraction of sp³-hybridized carbons (Fsp3) is 0.700. The van der Waals surface area contributed by atoms with Gasteiger partial charge in [0.1, 0.15) is 0 Å². The Bertz CT molecular complexity index is 173. The van der Waals surface area contributed by atoms with Gasteiger partial charge in [0.25, 0.3) is 0 Å². The Labute approximate surface area is 75.0 Å². The van der Waals surface area contributed by atoms with Gasteiger partial charge in [-0.25, -0.2) is 0 Å². The van der Waals surface area contributed by atoms with Crippen molar-refractivity contribution in [2.24, 2.45) is 4.99 Å². The Morgan fingerprint density at radius 3 is 2.58 bits per heavy atom. The second-order valence-electron chi connectivity index (χ2n) is 2.99. The highest BCUT2D eigenvalue weighted by Crippen LogP contribution is 2.02. The predicted molar refractivity (Wildman–Crippen MR) is 53.7 cm³/mol. The van der Waals surface area contributed by atoms with Crippen LogP contribution in [0.25, 0.3) is 0 Å². The third-order valence-electron chi connectivity index (χ3n) is 1.79. The van der Waals surface area contributed by atoms with Crippen molar-refractivity contribution in [3.8, 4) is 0 Å². The van der Waals surface area contributed by atoms with Gasteiger partial charge in [-0.05, 0) is 33.3 Å². The maximum atomic E-state index is 9.41. The number of hydrogen-bond donors (Lipinski definition) is 1. The molecule has 0 aromatic heterocycles. The third-order valence-corrected chi connectivity index (χ3v) is 1.79. The van der Waals surface area contributed by atoms with E-state index in [1.807, 2.05) is 39.8 Å². The molecule has 1 unspecified atom stereocenters. The summed E-state index contributed by atoms with van der Waals surface area (Å²) in [6.45, 7) is 7.79. The normalized spacial score (nSPS) is 18.2. The van der Waals surface area contributed by atoms with Crippen LogP contribution in [0.5, 0.6) is 0 Å². The van der Waals surface area contributed by atoms with Crippen LogP contribution in [0.2, 0.25) is 0 Å². The molecule has 0 radical (unpaired) electrons. The molecule has 0 aliphatic heterocycles. The van der Waals surface area contributed by atoms with Gasteiger partial charge in [-0.1, -0.05) is 13.0 Å². The molecular formula is C10H19NO. The van der Waals surface area contributed by atoms with E-state index in [4.69, 9.17) is 0 Å². The Balaban J connectivity index is 4.12. The lowest BCUT2D eigenvalue weighted by atomic mass is 10.1. The molecule has 0 saturated carbocycles. The minimum Gasteiger partial charge on any atom is -0.391 e. The summed E-state index contributed by atoms with van der Waals surface area (Å²) in [5.74, 6) is 0. The molecule has 0 heterocycles.